The first-order valence-corrected chi connectivity index (χ1v) is 11.4. The molecule has 0 radical (unpaired) electrons. The minimum Gasteiger partial charge on any atom is -0.340 e. The van der Waals surface area contributed by atoms with Crippen LogP contribution < -0.4 is 5.32 Å². The van der Waals surface area contributed by atoms with E-state index in [0.717, 1.165) is 18.4 Å². The van der Waals surface area contributed by atoms with Gasteiger partial charge in [-0.25, -0.2) is 4.98 Å². The number of benzene rings is 1. The van der Waals surface area contributed by atoms with Gasteiger partial charge in [0.25, 0.3) is 0 Å². The Kier molecular flexibility index (Phi) is 7.05. The summed E-state index contributed by atoms with van der Waals surface area (Å²) in [4.78, 5) is 46.5. The van der Waals surface area contributed by atoms with Gasteiger partial charge in [0.2, 0.25) is 17.7 Å². The fraction of sp³-hybridized carbons (Fsp3) is 0.417. The highest BCUT2D eigenvalue weighted by Crippen LogP contribution is 2.25. The summed E-state index contributed by atoms with van der Waals surface area (Å²) in [6.07, 6.45) is 4.73. The van der Waals surface area contributed by atoms with Crippen molar-refractivity contribution in [3.05, 3.63) is 59.2 Å². The molecular formula is C24H27ClN4O3. The Bertz CT molecular complexity index is 967. The lowest BCUT2D eigenvalue weighted by Crippen LogP contribution is -2.52. The number of halogens is 1. The van der Waals surface area contributed by atoms with E-state index in [1.165, 1.54) is 6.20 Å². The number of carbonyl (C=O) groups excluding carboxylic acids is 3. The molecule has 3 amide bonds. The van der Waals surface area contributed by atoms with E-state index >= 15 is 0 Å². The molecule has 2 aromatic rings. The van der Waals surface area contributed by atoms with Gasteiger partial charge in [-0.15, -0.1) is 0 Å². The van der Waals surface area contributed by atoms with Crippen molar-refractivity contribution in [2.24, 2.45) is 5.92 Å². The summed E-state index contributed by atoms with van der Waals surface area (Å²) in [5.74, 6) is -0.0877. The second-order valence-corrected chi connectivity index (χ2v) is 8.82. The van der Waals surface area contributed by atoms with Crippen LogP contribution >= 0.6 is 11.6 Å². The zero-order valence-electron chi connectivity index (χ0n) is 17.9. The third-order valence-electron chi connectivity index (χ3n) is 6.14. The molecule has 32 heavy (non-hydrogen) atoms. The van der Waals surface area contributed by atoms with Crippen LogP contribution in [0, 0.1) is 5.92 Å². The Morgan fingerprint density at radius 3 is 2.56 bits per heavy atom. The first-order valence-electron chi connectivity index (χ1n) is 11.1. The molecule has 0 saturated carbocycles. The zero-order valence-corrected chi connectivity index (χ0v) is 18.6. The summed E-state index contributed by atoms with van der Waals surface area (Å²) >= 11 is 5.84. The predicted octanol–water partition coefficient (Wildman–Crippen LogP) is 3.15. The molecule has 3 heterocycles. The third kappa shape index (κ3) is 5.27. The van der Waals surface area contributed by atoms with E-state index in [-0.39, 0.29) is 23.6 Å². The molecule has 168 valence electrons. The molecule has 2 unspecified atom stereocenters. The van der Waals surface area contributed by atoms with Gasteiger partial charge in [-0.05, 0) is 43.4 Å². The van der Waals surface area contributed by atoms with Crippen LogP contribution in [0.3, 0.4) is 0 Å². The highest BCUT2D eigenvalue weighted by molar-refractivity contribution is 6.30. The van der Waals surface area contributed by atoms with Crippen molar-refractivity contribution >= 4 is 35.1 Å². The summed E-state index contributed by atoms with van der Waals surface area (Å²) in [6, 6.07) is 12.5. The number of piperidine rings is 1. The molecule has 2 atom stereocenters. The Balaban J connectivity index is 1.37. The van der Waals surface area contributed by atoms with Crippen LogP contribution in [0.4, 0.5) is 5.82 Å². The summed E-state index contributed by atoms with van der Waals surface area (Å²) in [6.45, 7) is 1.57. The van der Waals surface area contributed by atoms with Crippen molar-refractivity contribution in [2.45, 2.75) is 38.1 Å². The number of aromatic nitrogens is 1. The van der Waals surface area contributed by atoms with Crippen molar-refractivity contribution in [1.82, 2.24) is 14.8 Å². The molecule has 2 fully saturated rings. The van der Waals surface area contributed by atoms with E-state index < -0.39 is 6.04 Å². The quantitative estimate of drug-likeness (QED) is 0.752. The van der Waals surface area contributed by atoms with Crippen LogP contribution in [-0.2, 0) is 20.8 Å². The maximum atomic E-state index is 13.3. The molecular weight excluding hydrogens is 428 g/mol. The lowest BCUT2D eigenvalue weighted by Gasteiger charge is -2.35. The van der Waals surface area contributed by atoms with E-state index in [1.54, 1.807) is 21.9 Å². The maximum Gasteiger partial charge on any atom is 0.245 e. The van der Waals surface area contributed by atoms with E-state index in [1.807, 2.05) is 30.3 Å². The number of amides is 3. The Morgan fingerprint density at radius 2 is 1.81 bits per heavy atom. The van der Waals surface area contributed by atoms with Crippen LogP contribution in [0.25, 0.3) is 0 Å². The lowest BCUT2D eigenvalue weighted by molar-refractivity contribution is -0.145. The highest BCUT2D eigenvalue weighted by Gasteiger charge is 2.38. The number of likely N-dealkylation sites (tertiary alicyclic amines) is 2. The molecule has 4 rings (SSSR count). The van der Waals surface area contributed by atoms with E-state index in [9.17, 15) is 14.4 Å². The largest absolute Gasteiger partial charge is 0.340 e. The number of pyridine rings is 1. The number of nitrogens with zero attached hydrogens (tertiary/aromatic N) is 3. The molecule has 1 aromatic carbocycles. The third-order valence-corrected chi connectivity index (χ3v) is 6.36. The van der Waals surface area contributed by atoms with Gasteiger partial charge in [0.1, 0.15) is 11.9 Å². The smallest absolute Gasteiger partial charge is 0.245 e. The van der Waals surface area contributed by atoms with Crippen LogP contribution in [-0.4, -0.2) is 58.2 Å². The molecule has 8 heteroatoms. The van der Waals surface area contributed by atoms with E-state index in [0.29, 0.717) is 49.7 Å². The molecule has 2 aliphatic heterocycles. The highest BCUT2D eigenvalue weighted by atomic mass is 35.5. The van der Waals surface area contributed by atoms with Crippen LogP contribution in [0.5, 0.6) is 0 Å². The number of anilines is 1. The molecule has 1 N–H and O–H groups in total. The van der Waals surface area contributed by atoms with Gasteiger partial charge in [0.05, 0.1) is 17.4 Å². The van der Waals surface area contributed by atoms with Crippen molar-refractivity contribution in [1.29, 1.82) is 0 Å². The second-order valence-electron chi connectivity index (χ2n) is 8.38. The monoisotopic (exact) mass is 454 g/mol. The molecule has 7 nitrogen and oxygen atoms in total. The van der Waals surface area contributed by atoms with Crippen molar-refractivity contribution in [3.63, 3.8) is 0 Å². The molecule has 2 saturated heterocycles. The standard InChI is InChI=1S/C24H27ClN4O3/c25-19-10-11-21(26-15-19)27-23(31)18-8-4-12-28(16-18)24(32)20-9-5-13-29(20)22(30)14-17-6-2-1-3-7-17/h1-3,6-7,10-11,15,18,20H,4-5,8-9,12-14,16H2,(H,26,27,31). The normalized spacial score (nSPS) is 20.8. The SMILES string of the molecule is O=C(Nc1ccc(Cl)cn1)C1CCCN(C(=O)C2CCCN2C(=O)Cc2ccccc2)C1. The van der Waals surface area contributed by atoms with E-state index in [4.69, 9.17) is 11.6 Å². The second kappa shape index (κ2) is 10.1. The molecule has 2 aliphatic rings. The van der Waals surface area contributed by atoms with Crippen molar-refractivity contribution in [2.75, 3.05) is 25.0 Å². The first kappa shape index (κ1) is 22.3. The van der Waals surface area contributed by atoms with Gasteiger partial charge in [-0.3, -0.25) is 14.4 Å². The van der Waals surface area contributed by atoms with Crippen LogP contribution in [0.2, 0.25) is 5.02 Å². The molecule has 0 aliphatic carbocycles. The molecule has 0 bridgehead atoms. The number of carbonyl (C=O) groups is 3. The number of nitrogens with one attached hydrogen (secondary N) is 1. The molecule has 0 spiro atoms. The average molecular weight is 455 g/mol. The number of hydrogen-bond donors (Lipinski definition) is 1. The predicted molar refractivity (Wildman–Crippen MR) is 122 cm³/mol. The van der Waals surface area contributed by atoms with Gasteiger partial charge in [-0.2, -0.15) is 0 Å². The summed E-state index contributed by atoms with van der Waals surface area (Å²) in [5, 5.41) is 3.31. The summed E-state index contributed by atoms with van der Waals surface area (Å²) in [5.41, 5.74) is 0.945. The van der Waals surface area contributed by atoms with Gasteiger partial charge in [-0.1, -0.05) is 41.9 Å². The summed E-state index contributed by atoms with van der Waals surface area (Å²) < 4.78 is 0. The van der Waals surface area contributed by atoms with Crippen LogP contribution in [0.15, 0.2) is 48.7 Å². The maximum absolute atomic E-state index is 13.3. The van der Waals surface area contributed by atoms with Gasteiger partial charge < -0.3 is 15.1 Å². The number of rotatable bonds is 5. The minimum absolute atomic E-state index is 0.0211. The minimum atomic E-state index is -0.439. The van der Waals surface area contributed by atoms with Gasteiger partial charge >= 0.3 is 0 Å². The Labute approximate surface area is 192 Å². The first-order chi connectivity index (χ1) is 15.5. The lowest BCUT2D eigenvalue weighted by atomic mass is 9.96. The van der Waals surface area contributed by atoms with Crippen molar-refractivity contribution in [3.8, 4) is 0 Å². The van der Waals surface area contributed by atoms with Gasteiger partial charge in [0.15, 0.2) is 0 Å². The average Bonchev–Trinajstić information content (AvgIpc) is 3.31. The Morgan fingerprint density at radius 1 is 1.03 bits per heavy atom. The fourth-order valence-electron chi connectivity index (χ4n) is 4.47. The topological polar surface area (TPSA) is 82.6 Å². The van der Waals surface area contributed by atoms with Crippen molar-refractivity contribution < 1.29 is 14.4 Å². The Hall–Kier alpha value is -2.93. The number of hydrogen-bond acceptors (Lipinski definition) is 4. The fourth-order valence-corrected chi connectivity index (χ4v) is 4.59. The molecule has 1 aromatic heterocycles. The zero-order chi connectivity index (χ0) is 22.5. The summed E-state index contributed by atoms with van der Waals surface area (Å²) in [7, 11) is 0. The van der Waals surface area contributed by atoms with Crippen LogP contribution in [0.1, 0.15) is 31.2 Å². The van der Waals surface area contributed by atoms with E-state index in [2.05, 4.69) is 10.3 Å². The van der Waals surface area contributed by atoms with Gasteiger partial charge in [0, 0.05) is 25.8 Å².